The van der Waals surface area contributed by atoms with E-state index in [2.05, 4.69) is 31.7 Å². The van der Waals surface area contributed by atoms with E-state index in [1.807, 2.05) is 0 Å². The molecule has 1 aromatic carbocycles. The number of hydrazone groups is 1. The van der Waals surface area contributed by atoms with E-state index in [0.717, 1.165) is 5.56 Å². The van der Waals surface area contributed by atoms with E-state index < -0.39 is 0 Å². The van der Waals surface area contributed by atoms with Crippen LogP contribution in [-0.4, -0.2) is 26.0 Å². The third kappa shape index (κ3) is 4.64. The van der Waals surface area contributed by atoms with Crippen LogP contribution in [0.4, 0.5) is 10.3 Å². The summed E-state index contributed by atoms with van der Waals surface area (Å²) in [7, 11) is 0. The quantitative estimate of drug-likeness (QED) is 0.515. The lowest BCUT2D eigenvalue weighted by Gasteiger charge is -2.00. The standard InChI is InChI=1S/C18H16FN7O/c1-12-9-16(27)23-18(22-12)24-21-10-14-11-26(8-2-7-20)25-17(14)13-3-5-15(19)6-4-13/h3-6,9-11H,2,8H2,1H3,(H2,22,23,24,27). The van der Waals surface area contributed by atoms with Crippen LogP contribution in [0.25, 0.3) is 11.3 Å². The second-order valence-electron chi connectivity index (χ2n) is 5.72. The normalized spacial score (nSPS) is 10.9. The number of halogens is 1. The number of H-pyrrole nitrogens is 1. The third-order valence-electron chi connectivity index (χ3n) is 3.60. The zero-order chi connectivity index (χ0) is 19.2. The fourth-order valence-corrected chi connectivity index (χ4v) is 2.44. The monoisotopic (exact) mass is 365 g/mol. The molecule has 0 fully saturated rings. The second kappa shape index (κ2) is 8.05. The molecule has 0 atom stereocenters. The molecule has 0 bridgehead atoms. The highest BCUT2D eigenvalue weighted by Gasteiger charge is 2.10. The molecule has 3 rings (SSSR count). The Morgan fingerprint density at radius 1 is 1.41 bits per heavy atom. The van der Waals surface area contributed by atoms with Gasteiger partial charge >= 0.3 is 0 Å². The number of aryl methyl sites for hydroxylation is 2. The highest BCUT2D eigenvalue weighted by atomic mass is 19.1. The highest BCUT2D eigenvalue weighted by Crippen LogP contribution is 2.21. The van der Waals surface area contributed by atoms with E-state index in [1.54, 1.807) is 29.9 Å². The Labute approximate surface area is 154 Å². The summed E-state index contributed by atoms with van der Waals surface area (Å²) in [6, 6.07) is 9.39. The molecular formula is C18H16FN7O. The van der Waals surface area contributed by atoms with Crippen molar-refractivity contribution in [2.24, 2.45) is 5.10 Å². The summed E-state index contributed by atoms with van der Waals surface area (Å²) in [5.41, 5.74) is 4.94. The summed E-state index contributed by atoms with van der Waals surface area (Å²) >= 11 is 0. The van der Waals surface area contributed by atoms with Crippen LogP contribution in [0, 0.1) is 24.1 Å². The van der Waals surface area contributed by atoms with Crippen molar-refractivity contribution in [2.45, 2.75) is 19.9 Å². The van der Waals surface area contributed by atoms with Gasteiger partial charge in [-0.2, -0.15) is 15.5 Å². The smallest absolute Gasteiger partial charge is 0.252 e. The first-order valence-corrected chi connectivity index (χ1v) is 8.12. The number of benzene rings is 1. The Hall–Kier alpha value is -3.80. The van der Waals surface area contributed by atoms with Crippen LogP contribution in [0.5, 0.6) is 0 Å². The molecule has 0 saturated heterocycles. The molecule has 0 saturated carbocycles. The van der Waals surface area contributed by atoms with Gasteiger partial charge in [0.2, 0.25) is 5.95 Å². The van der Waals surface area contributed by atoms with Crippen molar-refractivity contribution in [1.82, 2.24) is 19.7 Å². The van der Waals surface area contributed by atoms with Crippen molar-refractivity contribution < 1.29 is 4.39 Å². The first kappa shape index (κ1) is 18.0. The lowest BCUT2D eigenvalue weighted by molar-refractivity contribution is 0.626. The molecule has 0 aliphatic heterocycles. The summed E-state index contributed by atoms with van der Waals surface area (Å²) < 4.78 is 14.8. The molecule has 0 unspecified atom stereocenters. The summed E-state index contributed by atoms with van der Waals surface area (Å²) in [5, 5.41) is 17.3. The van der Waals surface area contributed by atoms with Gasteiger partial charge in [0.15, 0.2) is 0 Å². The second-order valence-corrected chi connectivity index (χ2v) is 5.72. The number of hydrogen-bond donors (Lipinski definition) is 2. The van der Waals surface area contributed by atoms with Gasteiger partial charge in [0.05, 0.1) is 25.2 Å². The zero-order valence-electron chi connectivity index (χ0n) is 14.5. The molecule has 0 aliphatic rings. The number of nitrogens with one attached hydrogen (secondary N) is 2. The van der Waals surface area contributed by atoms with Crippen molar-refractivity contribution in [3.8, 4) is 17.3 Å². The van der Waals surface area contributed by atoms with E-state index in [9.17, 15) is 9.18 Å². The zero-order valence-corrected chi connectivity index (χ0v) is 14.5. The van der Waals surface area contributed by atoms with Crippen LogP contribution in [0.3, 0.4) is 0 Å². The van der Waals surface area contributed by atoms with Crippen LogP contribution in [0.1, 0.15) is 17.7 Å². The van der Waals surface area contributed by atoms with Gasteiger partial charge in [-0.15, -0.1) is 0 Å². The fraction of sp³-hybridized carbons (Fsp3) is 0.167. The van der Waals surface area contributed by atoms with Crippen molar-refractivity contribution in [1.29, 1.82) is 5.26 Å². The van der Waals surface area contributed by atoms with Gasteiger partial charge in [0.1, 0.15) is 11.5 Å². The average Bonchev–Trinajstić information content (AvgIpc) is 3.03. The highest BCUT2D eigenvalue weighted by molar-refractivity contribution is 5.88. The van der Waals surface area contributed by atoms with E-state index in [1.165, 1.54) is 24.4 Å². The van der Waals surface area contributed by atoms with Gasteiger partial charge in [-0.3, -0.25) is 14.5 Å². The first-order chi connectivity index (χ1) is 13.0. The van der Waals surface area contributed by atoms with E-state index >= 15 is 0 Å². The first-order valence-electron chi connectivity index (χ1n) is 8.12. The molecular weight excluding hydrogens is 349 g/mol. The molecule has 27 heavy (non-hydrogen) atoms. The summed E-state index contributed by atoms with van der Waals surface area (Å²) in [5.74, 6) is -0.120. The maximum Gasteiger partial charge on any atom is 0.252 e. The van der Waals surface area contributed by atoms with E-state index in [0.29, 0.717) is 29.9 Å². The number of nitrogens with zero attached hydrogens (tertiary/aromatic N) is 5. The molecule has 8 nitrogen and oxygen atoms in total. The van der Waals surface area contributed by atoms with E-state index in [-0.39, 0.29) is 17.3 Å². The van der Waals surface area contributed by atoms with Gasteiger partial charge < -0.3 is 0 Å². The molecule has 136 valence electrons. The number of aromatic nitrogens is 4. The minimum absolute atomic E-state index is 0.219. The van der Waals surface area contributed by atoms with E-state index in [4.69, 9.17) is 5.26 Å². The lowest BCUT2D eigenvalue weighted by atomic mass is 10.1. The average molecular weight is 365 g/mol. The molecule has 3 aromatic rings. The molecule has 9 heteroatoms. The maximum absolute atomic E-state index is 13.2. The fourth-order valence-electron chi connectivity index (χ4n) is 2.44. The summed E-state index contributed by atoms with van der Waals surface area (Å²) in [6.07, 6.45) is 3.58. The lowest BCUT2D eigenvalue weighted by Crippen LogP contribution is -2.10. The van der Waals surface area contributed by atoms with Crippen LogP contribution in [-0.2, 0) is 6.54 Å². The topological polar surface area (TPSA) is 112 Å². The Morgan fingerprint density at radius 3 is 2.89 bits per heavy atom. The van der Waals surface area contributed by atoms with Gasteiger partial charge in [-0.25, -0.2) is 14.8 Å². The molecule has 2 heterocycles. The Balaban J connectivity index is 1.88. The Kier molecular flexibility index (Phi) is 5.37. The van der Waals surface area contributed by atoms with Gasteiger partial charge in [0.25, 0.3) is 5.56 Å². The Bertz CT molecular complexity index is 1060. The number of rotatable bonds is 6. The third-order valence-corrected chi connectivity index (χ3v) is 3.60. The molecule has 0 aliphatic carbocycles. The molecule has 0 amide bonds. The van der Waals surface area contributed by atoms with Crippen LogP contribution in [0.15, 0.2) is 46.4 Å². The molecule has 0 radical (unpaired) electrons. The van der Waals surface area contributed by atoms with Crippen LogP contribution in [0.2, 0.25) is 0 Å². The number of nitriles is 1. The van der Waals surface area contributed by atoms with Crippen molar-refractivity contribution >= 4 is 12.2 Å². The van der Waals surface area contributed by atoms with Gasteiger partial charge in [-0.1, -0.05) is 0 Å². The number of aromatic amines is 1. The Morgan fingerprint density at radius 2 is 2.19 bits per heavy atom. The van der Waals surface area contributed by atoms with Crippen LogP contribution >= 0.6 is 0 Å². The SMILES string of the molecule is Cc1cc(=O)[nH]c(NN=Cc2cn(CCC#N)nc2-c2ccc(F)cc2)n1. The molecule has 2 aromatic heterocycles. The largest absolute Gasteiger partial charge is 0.291 e. The summed E-state index contributed by atoms with van der Waals surface area (Å²) in [4.78, 5) is 18.1. The maximum atomic E-state index is 13.2. The predicted molar refractivity (Wildman–Crippen MR) is 98.7 cm³/mol. The number of anilines is 1. The van der Waals surface area contributed by atoms with Crippen molar-refractivity contribution in [3.63, 3.8) is 0 Å². The van der Waals surface area contributed by atoms with Gasteiger partial charge in [-0.05, 0) is 31.2 Å². The predicted octanol–water partition coefficient (Wildman–Crippen LogP) is 2.44. The molecule has 2 N–H and O–H groups in total. The van der Waals surface area contributed by atoms with Crippen molar-refractivity contribution in [2.75, 3.05) is 5.43 Å². The minimum Gasteiger partial charge on any atom is -0.291 e. The van der Waals surface area contributed by atoms with Crippen molar-refractivity contribution in [3.05, 3.63) is 64.0 Å². The van der Waals surface area contributed by atoms with Gasteiger partial charge in [0, 0.05) is 29.1 Å². The number of hydrogen-bond acceptors (Lipinski definition) is 6. The summed E-state index contributed by atoms with van der Waals surface area (Å²) in [6.45, 7) is 2.13. The molecule has 0 spiro atoms. The minimum atomic E-state index is -0.339. The van der Waals surface area contributed by atoms with Crippen LogP contribution < -0.4 is 11.0 Å².